The molecule has 0 radical (unpaired) electrons. The topological polar surface area (TPSA) is 63.6 Å². The fourth-order valence-corrected chi connectivity index (χ4v) is 1.18. The average molecular weight is 271 g/mol. The maximum Gasteiger partial charge on any atom is 0.354 e. The second-order valence-electron chi connectivity index (χ2n) is 3.46. The number of carbonyl (C=O) groups excluding carboxylic acids is 1. The number of alkyl halides is 2. The Labute approximate surface area is 105 Å². The third kappa shape index (κ3) is 4.58. The molecule has 0 aliphatic rings. The molecule has 0 aromatic carbocycles. The van der Waals surface area contributed by atoms with Crippen molar-refractivity contribution in [2.45, 2.75) is 50.0 Å². The van der Waals surface area contributed by atoms with Crippen LogP contribution in [0.4, 0.5) is 0 Å². The van der Waals surface area contributed by atoms with Crippen molar-refractivity contribution in [3.63, 3.8) is 0 Å². The lowest BCUT2D eigenvalue weighted by Gasteiger charge is -2.19. The molecule has 0 amide bonds. The molecule has 1 N–H and O–H groups in total. The minimum Gasteiger partial charge on any atom is -0.479 e. The fourth-order valence-electron chi connectivity index (χ4n) is 1.09. The lowest BCUT2D eigenvalue weighted by Crippen LogP contribution is -2.39. The van der Waals surface area contributed by atoms with Gasteiger partial charge in [0.15, 0.2) is 0 Å². The van der Waals surface area contributed by atoms with E-state index in [0.717, 1.165) is 12.8 Å². The molecular weight excluding hydrogens is 255 g/mol. The molecule has 4 nitrogen and oxygen atoms in total. The zero-order valence-electron chi connectivity index (χ0n) is 9.33. The quantitative estimate of drug-likeness (QED) is 0.439. The molecule has 0 saturated heterocycles. The highest BCUT2D eigenvalue weighted by Gasteiger charge is 2.45. The summed E-state index contributed by atoms with van der Waals surface area (Å²) < 4.78 is 2.43. The van der Waals surface area contributed by atoms with Crippen molar-refractivity contribution in [2.24, 2.45) is 0 Å². The molecule has 1 atom stereocenters. The molecule has 0 aromatic rings. The van der Waals surface area contributed by atoms with Gasteiger partial charge in [-0.2, -0.15) is 0 Å². The van der Waals surface area contributed by atoms with Gasteiger partial charge in [-0.05, 0) is 12.8 Å². The predicted octanol–water partition coefficient (Wildman–Crippen LogP) is 2.76. The summed E-state index contributed by atoms with van der Waals surface area (Å²) >= 11 is 10.7. The van der Waals surface area contributed by atoms with Crippen molar-refractivity contribution >= 4 is 35.1 Å². The van der Waals surface area contributed by atoms with Gasteiger partial charge in [-0.15, -0.1) is 0 Å². The summed E-state index contributed by atoms with van der Waals surface area (Å²) in [6, 6.07) is 0. The van der Waals surface area contributed by atoms with Gasteiger partial charge in [-0.25, -0.2) is 9.59 Å². The van der Waals surface area contributed by atoms with Gasteiger partial charge in [-0.1, -0.05) is 49.9 Å². The van der Waals surface area contributed by atoms with Gasteiger partial charge in [0, 0.05) is 0 Å². The van der Waals surface area contributed by atoms with E-state index < -0.39 is 16.3 Å². The molecule has 0 rings (SSSR count). The number of aliphatic carboxylic acids is 1. The number of halogens is 2. The molecule has 16 heavy (non-hydrogen) atoms. The molecule has 0 aliphatic heterocycles. The monoisotopic (exact) mass is 270 g/mol. The minimum atomic E-state index is -2.51. The number of unbranched alkanes of at least 4 members (excludes halogenated alkanes) is 1. The van der Waals surface area contributed by atoms with Crippen LogP contribution in [0.15, 0.2) is 0 Å². The third-order valence-corrected chi connectivity index (χ3v) is 2.77. The summed E-state index contributed by atoms with van der Waals surface area (Å²) in [4.78, 5) is 22.0. The molecule has 0 spiro atoms. The summed E-state index contributed by atoms with van der Waals surface area (Å²) in [5, 5.41) is 8.61. The number of esters is 1. The second kappa shape index (κ2) is 6.97. The number of hydrogen-bond acceptors (Lipinski definition) is 3. The van der Waals surface area contributed by atoms with Gasteiger partial charge in [0.2, 0.25) is 0 Å². The highest BCUT2D eigenvalue weighted by molar-refractivity contribution is 6.66. The van der Waals surface area contributed by atoms with Crippen molar-refractivity contribution in [1.29, 1.82) is 0 Å². The Kier molecular flexibility index (Phi) is 6.76. The van der Waals surface area contributed by atoms with Crippen LogP contribution >= 0.6 is 23.2 Å². The van der Waals surface area contributed by atoms with Crippen LogP contribution in [0.3, 0.4) is 0 Å². The van der Waals surface area contributed by atoms with Crippen LogP contribution in [-0.2, 0) is 14.3 Å². The first kappa shape index (κ1) is 15.5. The van der Waals surface area contributed by atoms with Gasteiger partial charge in [0.1, 0.15) is 6.10 Å². The summed E-state index contributed by atoms with van der Waals surface area (Å²) in [5.74, 6) is -2.74. The lowest BCUT2D eigenvalue weighted by atomic mass is 10.1. The van der Waals surface area contributed by atoms with Gasteiger partial charge in [0.25, 0.3) is 0 Å². The summed E-state index contributed by atoms with van der Waals surface area (Å²) in [7, 11) is 0. The maximum atomic E-state index is 11.4. The molecule has 0 aliphatic carbocycles. The SMILES string of the molecule is CCCCC(CC)OC(=O)C(Cl)(Cl)C(=O)O. The first-order valence-electron chi connectivity index (χ1n) is 5.18. The average Bonchev–Trinajstić information content (AvgIpc) is 2.23. The predicted molar refractivity (Wildman–Crippen MR) is 61.8 cm³/mol. The van der Waals surface area contributed by atoms with E-state index in [1.54, 1.807) is 0 Å². The highest BCUT2D eigenvalue weighted by atomic mass is 35.5. The lowest BCUT2D eigenvalue weighted by molar-refractivity contribution is -0.156. The maximum absolute atomic E-state index is 11.4. The van der Waals surface area contributed by atoms with E-state index in [0.29, 0.717) is 12.8 Å². The Balaban J connectivity index is 4.35. The van der Waals surface area contributed by atoms with Gasteiger partial charge in [-0.3, -0.25) is 0 Å². The smallest absolute Gasteiger partial charge is 0.354 e. The second-order valence-corrected chi connectivity index (χ2v) is 4.78. The molecule has 94 valence electrons. The molecule has 0 saturated carbocycles. The van der Waals surface area contributed by atoms with E-state index in [1.165, 1.54) is 0 Å². The Bertz CT molecular complexity index is 253. The molecule has 6 heteroatoms. The Hall–Kier alpha value is -0.480. The zero-order valence-corrected chi connectivity index (χ0v) is 10.8. The van der Waals surface area contributed by atoms with E-state index >= 15 is 0 Å². The van der Waals surface area contributed by atoms with Gasteiger partial charge in [0.05, 0.1) is 0 Å². The highest BCUT2D eigenvalue weighted by Crippen LogP contribution is 2.24. The van der Waals surface area contributed by atoms with Gasteiger partial charge >= 0.3 is 16.3 Å². The Morgan fingerprint density at radius 2 is 1.94 bits per heavy atom. The molecule has 0 fully saturated rings. The van der Waals surface area contributed by atoms with E-state index in [2.05, 4.69) is 0 Å². The largest absolute Gasteiger partial charge is 0.479 e. The van der Waals surface area contributed by atoms with Crippen molar-refractivity contribution in [3.8, 4) is 0 Å². The first-order valence-corrected chi connectivity index (χ1v) is 5.94. The molecule has 0 aromatic heterocycles. The Morgan fingerprint density at radius 1 is 1.38 bits per heavy atom. The number of carbonyl (C=O) groups is 2. The van der Waals surface area contributed by atoms with E-state index in [4.69, 9.17) is 33.0 Å². The van der Waals surface area contributed by atoms with Gasteiger partial charge < -0.3 is 9.84 Å². The van der Waals surface area contributed by atoms with Crippen molar-refractivity contribution in [2.75, 3.05) is 0 Å². The van der Waals surface area contributed by atoms with Crippen LogP contribution in [0.1, 0.15) is 39.5 Å². The minimum absolute atomic E-state index is 0.330. The van der Waals surface area contributed by atoms with Crippen LogP contribution in [0, 0.1) is 0 Å². The summed E-state index contributed by atoms with van der Waals surface area (Å²) in [5.41, 5.74) is 0. The van der Waals surface area contributed by atoms with Crippen LogP contribution in [0.25, 0.3) is 0 Å². The fraction of sp³-hybridized carbons (Fsp3) is 0.800. The van der Waals surface area contributed by atoms with Crippen molar-refractivity contribution < 1.29 is 19.4 Å². The first-order chi connectivity index (χ1) is 7.36. The number of carboxylic acids is 1. The number of ether oxygens (including phenoxy) is 1. The van der Waals surface area contributed by atoms with Crippen molar-refractivity contribution in [1.82, 2.24) is 0 Å². The normalized spacial score (nSPS) is 13.2. The van der Waals surface area contributed by atoms with E-state index in [-0.39, 0.29) is 6.10 Å². The molecule has 1 unspecified atom stereocenters. The molecule has 0 heterocycles. The van der Waals surface area contributed by atoms with E-state index in [1.807, 2.05) is 13.8 Å². The van der Waals surface area contributed by atoms with Crippen LogP contribution in [0.5, 0.6) is 0 Å². The number of hydrogen-bond donors (Lipinski definition) is 1. The summed E-state index contributed by atoms with van der Waals surface area (Å²) in [6.45, 7) is 3.86. The van der Waals surface area contributed by atoms with Crippen molar-refractivity contribution in [3.05, 3.63) is 0 Å². The zero-order chi connectivity index (χ0) is 12.8. The number of rotatable bonds is 7. The number of carboxylic acid groups (broad SMARTS) is 1. The van der Waals surface area contributed by atoms with Crippen LogP contribution in [0.2, 0.25) is 0 Å². The molecule has 0 bridgehead atoms. The van der Waals surface area contributed by atoms with Crippen LogP contribution < -0.4 is 0 Å². The van der Waals surface area contributed by atoms with Crippen LogP contribution in [-0.4, -0.2) is 27.5 Å². The Morgan fingerprint density at radius 3 is 2.31 bits per heavy atom. The standard InChI is InChI=1S/C10H16Cl2O4/c1-3-5-6-7(4-2)16-9(15)10(11,12)8(13)14/h7H,3-6H2,1-2H3,(H,13,14). The van der Waals surface area contributed by atoms with E-state index in [9.17, 15) is 9.59 Å². The summed E-state index contributed by atoms with van der Waals surface area (Å²) in [6.07, 6.45) is 2.83. The third-order valence-electron chi connectivity index (χ3n) is 2.13. The molecular formula is C10H16Cl2O4.